The number of aryl methyl sites for hydroxylation is 1. The summed E-state index contributed by atoms with van der Waals surface area (Å²) < 4.78 is 6.40. The van der Waals surface area contributed by atoms with Gasteiger partial charge in [-0.25, -0.2) is 0 Å². The summed E-state index contributed by atoms with van der Waals surface area (Å²) in [5, 5.41) is 1.51. The Morgan fingerprint density at radius 2 is 1.62 bits per heavy atom. The van der Waals surface area contributed by atoms with E-state index in [1.165, 1.54) is 60.0 Å². The molecule has 4 rings (SSSR count). The maximum Gasteiger partial charge on any atom is 0.123 e. The Bertz CT molecular complexity index is 1010. The van der Waals surface area contributed by atoms with Crippen molar-refractivity contribution in [3.05, 3.63) is 89.5 Å². The molecular formula is C29H36NOP. The Labute approximate surface area is 195 Å². The topological polar surface area (TPSA) is 12.5 Å². The van der Waals surface area contributed by atoms with Gasteiger partial charge < -0.3 is 9.64 Å². The van der Waals surface area contributed by atoms with Gasteiger partial charge >= 0.3 is 0 Å². The monoisotopic (exact) mass is 445 g/mol. The molecule has 32 heavy (non-hydrogen) atoms. The largest absolute Gasteiger partial charge is 0.489 e. The highest BCUT2D eigenvalue weighted by atomic mass is 31.1. The first-order valence-corrected chi connectivity index (χ1v) is 13.0. The first-order chi connectivity index (χ1) is 15.6. The molecule has 2 atom stereocenters. The van der Waals surface area contributed by atoms with Crippen molar-refractivity contribution < 1.29 is 4.74 Å². The molecular weight excluding hydrogens is 409 g/mol. The lowest BCUT2D eigenvalue weighted by atomic mass is 9.95. The lowest BCUT2D eigenvalue weighted by Gasteiger charge is -2.35. The van der Waals surface area contributed by atoms with Crippen LogP contribution in [0.5, 0.6) is 5.75 Å². The Hall–Kier alpha value is -2.31. The van der Waals surface area contributed by atoms with E-state index in [0.717, 1.165) is 12.2 Å². The fraction of sp³-hybridized carbons (Fsp3) is 0.379. The summed E-state index contributed by atoms with van der Waals surface area (Å²) in [5.41, 5.74) is 5.27. The molecule has 0 radical (unpaired) electrons. The van der Waals surface area contributed by atoms with Gasteiger partial charge in [0.1, 0.15) is 12.4 Å². The van der Waals surface area contributed by atoms with E-state index in [4.69, 9.17) is 4.74 Å². The minimum absolute atomic E-state index is 0.0317. The number of hydrogen-bond acceptors (Lipinski definition) is 2. The molecule has 1 aliphatic rings. The third-order valence-corrected chi connectivity index (χ3v) is 8.55. The normalized spacial score (nSPS) is 16.3. The molecule has 2 nitrogen and oxygen atoms in total. The number of benzene rings is 3. The second-order valence-electron chi connectivity index (χ2n) is 9.15. The quantitative estimate of drug-likeness (QED) is 0.340. The third-order valence-electron chi connectivity index (χ3n) is 6.69. The van der Waals surface area contributed by atoms with Crippen molar-refractivity contribution in [3.63, 3.8) is 0 Å². The van der Waals surface area contributed by atoms with E-state index >= 15 is 0 Å². The van der Waals surface area contributed by atoms with E-state index in [-0.39, 0.29) is 5.16 Å². The number of rotatable bonds is 8. The number of hydrogen-bond donors (Lipinski definition) is 0. The molecule has 3 heteroatoms. The Morgan fingerprint density at radius 3 is 2.38 bits per heavy atom. The van der Waals surface area contributed by atoms with Crippen LogP contribution < -0.4 is 14.9 Å². The molecule has 168 valence electrons. The highest BCUT2D eigenvalue weighted by molar-refractivity contribution is 7.49. The van der Waals surface area contributed by atoms with E-state index in [1.807, 2.05) is 0 Å². The van der Waals surface area contributed by atoms with Crippen molar-refractivity contribution in [2.75, 3.05) is 18.0 Å². The third kappa shape index (κ3) is 5.36. The van der Waals surface area contributed by atoms with Gasteiger partial charge in [-0.1, -0.05) is 88.7 Å². The van der Waals surface area contributed by atoms with Gasteiger partial charge in [0.05, 0.1) is 0 Å². The molecule has 0 aliphatic carbocycles. The van der Waals surface area contributed by atoms with Crippen LogP contribution in [-0.4, -0.2) is 13.1 Å². The molecule has 1 aliphatic heterocycles. The van der Waals surface area contributed by atoms with Crippen molar-refractivity contribution >= 4 is 19.6 Å². The number of ether oxygens (including phenoxy) is 1. The second-order valence-corrected chi connectivity index (χ2v) is 11.0. The zero-order chi connectivity index (χ0) is 22.4. The second kappa shape index (κ2) is 10.5. The van der Waals surface area contributed by atoms with E-state index in [1.54, 1.807) is 0 Å². The van der Waals surface area contributed by atoms with Crippen LogP contribution in [0.1, 0.15) is 56.2 Å². The smallest absolute Gasteiger partial charge is 0.123 e. The standard InChI is InChI=1S/C29H36NOP/c1-4-29(3,32-28-16-10-9-15-26(28)30-19-11-6-12-20-30)25-21-23(2)17-18-27(25)31-22-24-13-7-5-8-14-24/h5,7-10,13-18,21,32H,4,6,11-12,19-20,22H2,1-3H3. The molecule has 1 fully saturated rings. The molecule has 0 bridgehead atoms. The maximum absolute atomic E-state index is 6.40. The Morgan fingerprint density at radius 1 is 0.906 bits per heavy atom. The summed E-state index contributed by atoms with van der Waals surface area (Å²) in [6.07, 6.45) is 5.04. The van der Waals surface area contributed by atoms with Crippen molar-refractivity contribution in [1.82, 2.24) is 0 Å². The number of nitrogens with zero attached hydrogens (tertiary/aromatic N) is 1. The van der Waals surface area contributed by atoms with E-state index < -0.39 is 0 Å². The Balaban J connectivity index is 1.63. The van der Waals surface area contributed by atoms with Crippen molar-refractivity contribution in [2.45, 2.75) is 58.2 Å². The van der Waals surface area contributed by atoms with Gasteiger partial charge in [-0.05, 0) is 55.6 Å². The Kier molecular flexibility index (Phi) is 7.53. The predicted molar refractivity (Wildman–Crippen MR) is 140 cm³/mol. The molecule has 0 N–H and O–H groups in total. The first-order valence-electron chi connectivity index (χ1n) is 12.0. The van der Waals surface area contributed by atoms with Gasteiger partial charge in [-0.3, -0.25) is 0 Å². The van der Waals surface area contributed by atoms with Crippen LogP contribution in [0.3, 0.4) is 0 Å². The fourth-order valence-corrected chi connectivity index (χ4v) is 6.22. The van der Waals surface area contributed by atoms with Crippen molar-refractivity contribution in [2.24, 2.45) is 0 Å². The molecule has 0 amide bonds. The zero-order valence-electron chi connectivity index (χ0n) is 19.7. The summed E-state index contributed by atoms with van der Waals surface area (Å²) in [6.45, 7) is 9.89. The number of para-hydroxylation sites is 1. The molecule has 2 unspecified atom stereocenters. The summed E-state index contributed by atoms with van der Waals surface area (Å²) in [7, 11) is 0.691. The highest BCUT2D eigenvalue weighted by Gasteiger charge is 2.30. The lowest BCUT2D eigenvalue weighted by molar-refractivity contribution is 0.299. The molecule has 1 saturated heterocycles. The van der Waals surface area contributed by atoms with Crippen LogP contribution in [0.2, 0.25) is 0 Å². The van der Waals surface area contributed by atoms with Crippen LogP contribution in [0.25, 0.3) is 0 Å². The maximum atomic E-state index is 6.40. The summed E-state index contributed by atoms with van der Waals surface area (Å²) in [4.78, 5) is 2.60. The molecule has 0 aromatic heterocycles. The predicted octanol–water partition coefficient (Wildman–Crippen LogP) is 7.19. The van der Waals surface area contributed by atoms with Gasteiger partial charge in [-0.2, -0.15) is 0 Å². The molecule has 1 heterocycles. The van der Waals surface area contributed by atoms with Crippen molar-refractivity contribution in [1.29, 1.82) is 0 Å². The van der Waals surface area contributed by atoms with Crippen LogP contribution in [-0.2, 0) is 11.8 Å². The lowest BCUT2D eigenvalue weighted by Crippen LogP contribution is -2.33. The molecule has 3 aromatic carbocycles. The van der Waals surface area contributed by atoms with Crippen LogP contribution in [0, 0.1) is 6.92 Å². The van der Waals surface area contributed by atoms with E-state index in [2.05, 4.69) is 98.5 Å². The van der Waals surface area contributed by atoms with Gasteiger partial charge in [0.2, 0.25) is 0 Å². The van der Waals surface area contributed by atoms with Crippen LogP contribution in [0.4, 0.5) is 5.69 Å². The van der Waals surface area contributed by atoms with E-state index in [0.29, 0.717) is 15.2 Å². The van der Waals surface area contributed by atoms with Gasteiger partial charge in [0.15, 0.2) is 0 Å². The zero-order valence-corrected chi connectivity index (χ0v) is 20.7. The molecule has 3 aromatic rings. The minimum atomic E-state index is 0.0317. The number of anilines is 1. The highest BCUT2D eigenvalue weighted by Crippen LogP contribution is 2.48. The first kappa shape index (κ1) is 22.9. The minimum Gasteiger partial charge on any atom is -0.489 e. The number of piperidine rings is 1. The van der Waals surface area contributed by atoms with Gasteiger partial charge in [0.25, 0.3) is 0 Å². The van der Waals surface area contributed by atoms with Gasteiger partial charge in [-0.15, -0.1) is 0 Å². The average molecular weight is 446 g/mol. The van der Waals surface area contributed by atoms with E-state index in [9.17, 15) is 0 Å². The SMILES string of the molecule is CCC(C)(Pc1ccccc1N1CCCCC1)c1cc(C)ccc1OCc1ccccc1. The van der Waals surface area contributed by atoms with Crippen molar-refractivity contribution in [3.8, 4) is 5.75 Å². The summed E-state index contributed by atoms with van der Waals surface area (Å²) in [5.74, 6) is 1.02. The van der Waals surface area contributed by atoms with Crippen LogP contribution in [0.15, 0.2) is 72.8 Å². The van der Waals surface area contributed by atoms with Gasteiger partial charge in [0, 0.05) is 29.5 Å². The molecule has 0 saturated carbocycles. The summed E-state index contributed by atoms with van der Waals surface area (Å²) >= 11 is 0. The average Bonchev–Trinajstić information content (AvgIpc) is 2.84. The fourth-order valence-electron chi connectivity index (χ4n) is 4.57. The van der Waals surface area contributed by atoms with Crippen LogP contribution >= 0.6 is 8.58 Å². The summed E-state index contributed by atoms with van der Waals surface area (Å²) in [6, 6.07) is 26.2. The molecule has 0 spiro atoms.